The van der Waals surface area contributed by atoms with Crippen LogP contribution in [0.15, 0.2) is 24.0 Å². The maximum absolute atomic E-state index is 3.92. The molecule has 1 radical (unpaired) electrons. The molecule has 0 saturated carbocycles. The minimum atomic E-state index is 1.09. The standard InChI is InChI=1S/C5H6N/c1-5-3-2-4-6-5/h2-4H,1H3. The summed E-state index contributed by atoms with van der Waals surface area (Å²) in [6.45, 7) is 1.97. The van der Waals surface area contributed by atoms with E-state index in [1.165, 1.54) is 0 Å². The van der Waals surface area contributed by atoms with Gasteiger partial charge in [0.25, 0.3) is 0 Å². The van der Waals surface area contributed by atoms with Gasteiger partial charge in [0.2, 0.25) is 0 Å². The Morgan fingerprint density at radius 3 is 2.67 bits per heavy atom. The van der Waals surface area contributed by atoms with Gasteiger partial charge in [-0.3, -0.25) is 5.32 Å². The van der Waals surface area contributed by atoms with Gasteiger partial charge in [0.15, 0.2) is 0 Å². The topological polar surface area (TPSA) is 14.1 Å². The Hall–Kier alpha value is -0.720. The molecule has 0 amide bonds. The molecule has 6 heavy (non-hydrogen) atoms. The van der Waals surface area contributed by atoms with E-state index in [1.54, 1.807) is 6.20 Å². The first-order chi connectivity index (χ1) is 2.89. The summed E-state index contributed by atoms with van der Waals surface area (Å²) in [5, 5.41) is 3.92. The van der Waals surface area contributed by atoms with Gasteiger partial charge in [-0.2, -0.15) is 0 Å². The van der Waals surface area contributed by atoms with Crippen molar-refractivity contribution >= 4 is 0 Å². The van der Waals surface area contributed by atoms with E-state index in [4.69, 9.17) is 0 Å². The average Bonchev–Trinajstić information content (AvgIpc) is 1.86. The summed E-state index contributed by atoms with van der Waals surface area (Å²) in [7, 11) is 0. The predicted molar refractivity (Wildman–Crippen MR) is 25.0 cm³/mol. The van der Waals surface area contributed by atoms with Gasteiger partial charge in [0.1, 0.15) is 0 Å². The summed E-state index contributed by atoms with van der Waals surface area (Å²) in [6.07, 6.45) is 5.69. The van der Waals surface area contributed by atoms with Crippen molar-refractivity contribution in [1.29, 1.82) is 0 Å². The molecule has 0 unspecified atom stereocenters. The zero-order valence-electron chi connectivity index (χ0n) is 3.68. The highest BCUT2D eigenvalue weighted by Gasteiger charge is 1.86. The Bertz CT molecular complexity index is 101. The maximum atomic E-state index is 3.92. The lowest BCUT2D eigenvalue weighted by molar-refractivity contribution is 1.07. The third-order valence-corrected chi connectivity index (χ3v) is 0.702. The molecule has 0 saturated heterocycles. The fraction of sp³-hybridized carbons (Fsp3) is 0.200. The monoisotopic (exact) mass is 80.1 g/mol. The lowest BCUT2D eigenvalue weighted by Gasteiger charge is -1.81. The molecule has 0 bridgehead atoms. The van der Waals surface area contributed by atoms with Crippen LogP contribution in [0.1, 0.15) is 6.92 Å². The first-order valence-electron chi connectivity index (χ1n) is 1.94. The second kappa shape index (κ2) is 1.17. The van der Waals surface area contributed by atoms with Crippen molar-refractivity contribution in [1.82, 2.24) is 5.32 Å². The summed E-state index contributed by atoms with van der Waals surface area (Å²) >= 11 is 0. The van der Waals surface area contributed by atoms with E-state index in [2.05, 4.69) is 5.32 Å². The molecule has 0 aromatic carbocycles. The zero-order valence-corrected chi connectivity index (χ0v) is 3.68. The van der Waals surface area contributed by atoms with E-state index in [-0.39, 0.29) is 0 Å². The number of nitrogens with zero attached hydrogens (tertiary/aromatic N) is 1. The van der Waals surface area contributed by atoms with E-state index in [0.717, 1.165) is 5.70 Å². The molecule has 1 aliphatic rings. The lowest BCUT2D eigenvalue weighted by Crippen LogP contribution is -1.82. The van der Waals surface area contributed by atoms with Crippen LogP contribution in [-0.2, 0) is 0 Å². The van der Waals surface area contributed by atoms with Crippen LogP contribution in [0, 0.1) is 0 Å². The number of allylic oxidation sites excluding steroid dienone is 3. The normalized spacial score (nSPS) is 17.2. The van der Waals surface area contributed by atoms with E-state index in [1.807, 2.05) is 19.1 Å². The molecular weight excluding hydrogens is 74.1 g/mol. The molecule has 0 N–H and O–H groups in total. The molecule has 31 valence electrons. The molecule has 1 rings (SSSR count). The van der Waals surface area contributed by atoms with E-state index < -0.39 is 0 Å². The van der Waals surface area contributed by atoms with Gasteiger partial charge < -0.3 is 0 Å². The molecule has 1 heterocycles. The van der Waals surface area contributed by atoms with Gasteiger partial charge in [0, 0.05) is 11.9 Å². The van der Waals surface area contributed by atoms with Crippen LogP contribution in [0.4, 0.5) is 0 Å². The fourth-order valence-corrected chi connectivity index (χ4v) is 0.386. The highest BCUT2D eigenvalue weighted by molar-refractivity contribution is 5.16. The van der Waals surface area contributed by atoms with E-state index in [9.17, 15) is 0 Å². The number of hydrogen-bond donors (Lipinski definition) is 0. The summed E-state index contributed by atoms with van der Waals surface area (Å²) in [5.41, 5.74) is 1.09. The molecule has 0 aromatic heterocycles. The minimum Gasteiger partial charge on any atom is -0.262 e. The minimum absolute atomic E-state index is 1.09. The van der Waals surface area contributed by atoms with Crippen molar-refractivity contribution < 1.29 is 0 Å². The first-order valence-corrected chi connectivity index (χ1v) is 1.94. The highest BCUT2D eigenvalue weighted by Crippen LogP contribution is 1.95. The van der Waals surface area contributed by atoms with Crippen molar-refractivity contribution in [3.05, 3.63) is 24.0 Å². The summed E-state index contributed by atoms with van der Waals surface area (Å²) < 4.78 is 0. The average molecular weight is 80.1 g/mol. The van der Waals surface area contributed by atoms with Gasteiger partial charge in [-0.1, -0.05) is 0 Å². The van der Waals surface area contributed by atoms with Gasteiger partial charge in [-0.05, 0) is 19.1 Å². The molecule has 0 fully saturated rings. The van der Waals surface area contributed by atoms with Crippen molar-refractivity contribution in [2.45, 2.75) is 6.92 Å². The van der Waals surface area contributed by atoms with Gasteiger partial charge in [0.05, 0.1) is 0 Å². The Kier molecular flexibility index (Phi) is 0.675. The quantitative estimate of drug-likeness (QED) is 0.412. The molecular formula is C5H6N. The van der Waals surface area contributed by atoms with Crippen molar-refractivity contribution in [3.8, 4) is 0 Å². The third kappa shape index (κ3) is 0.432. The van der Waals surface area contributed by atoms with Crippen LogP contribution in [0.25, 0.3) is 0 Å². The highest BCUT2D eigenvalue weighted by atomic mass is 14.8. The Labute approximate surface area is 37.4 Å². The van der Waals surface area contributed by atoms with Gasteiger partial charge in [-0.15, -0.1) is 0 Å². The van der Waals surface area contributed by atoms with Crippen LogP contribution in [0.5, 0.6) is 0 Å². The molecule has 1 heteroatoms. The van der Waals surface area contributed by atoms with Crippen LogP contribution in [0.2, 0.25) is 0 Å². The van der Waals surface area contributed by atoms with Crippen molar-refractivity contribution in [3.63, 3.8) is 0 Å². The second-order valence-corrected chi connectivity index (χ2v) is 1.28. The van der Waals surface area contributed by atoms with E-state index >= 15 is 0 Å². The molecule has 0 atom stereocenters. The Balaban J connectivity index is 2.61. The fourth-order valence-electron chi connectivity index (χ4n) is 0.386. The summed E-state index contributed by atoms with van der Waals surface area (Å²) in [4.78, 5) is 0. The lowest BCUT2D eigenvalue weighted by atomic mass is 10.5. The molecule has 1 aliphatic heterocycles. The predicted octanol–water partition coefficient (Wildman–Crippen LogP) is 1.02. The van der Waals surface area contributed by atoms with Crippen LogP contribution in [0.3, 0.4) is 0 Å². The zero-order chi connectivity index (χ0) is 4.41. The number of hydrogen-bond acceptors (Lipinski definition) is 0. The van der Waals surface area contributed by atoms with Crippen LogP contribution < -0.4 is 5.32 Å². The number of rotatable bonds is 0. The molecule has 0 aliphatic carbocycles. The van der Waals surface area contributed by atoms with Crippen LogP contribution in [-0.4, -0.2) is 0 Å². The summed E-state index contributed by atoms with van der Waals surface area (Å²) in [5.74, 6) is 0. The SMILES string of the molecule is CC1=CC=C[N]1. The molecule has 0 spiro atoms. The van der Waals surface area contributed by atoms with Crippen molar-refractivity contribution in [2.75, 3.05) is 0 Å². The maximum Gasteiger partial charge on any atom is 0.0373 e. The van der Waals surface area contributed by atoms with Gasteiger partial charge >= 0.3 is 0 Å². The second-order valence-electron chi connectivity index (χ2n) is 1.28. The van der Waals surface area contributed by atoms with Crippen molar-refractivity contribution in [2.24, 2.45) is 0 Å². The van der Waals surface area contributed by atoms with E-state index in [0.29, 0.717) is 0 Å². The smallest absolute Gasteiger partial charge is 0.0373 e. The largest absolute Gasteiger partial charge is 0.262 e. The third-order valence-electron chi connectivity index (χ3n) is 0.702. The first kappa shape index (κ1) is 3.47. The summed E-state index contributed by atoms with van der Waals surface area (Å²) in [6, 6.07) is 0. The van der Waals surface area contributed by atoms with Gasteiger partial charge in [-0.25, -0.2) is 0 Å². The van der Waals surface area contributed by atoms with Crippen LogP contribution >= 0.6 is 0 Å². The Morgan fingerprint density at radius 1 is 1.67 bits per heavy atom. The molecule has 0 aromatic rings. The Morgan fingerprint density at radius 2 is 2.50 bits per heavy atom. The molecule has 1 nitrogen and oxygen atoms in total.